The lowest BCUT2D eigenvalue weighted by Crippen LogP contribution is -2.25. The summed E-state index contributed by atoms with van der Waals surface area (Å²) in [5.41, 5.74) is 6.21. The monoisotopic (exact) mass is 180 g/mol. The topological polar surface area (TPSA) is 48.8 Å². The van der Waals surface area contributed by atoms with Crippen LogP contribution in [0.25, 0.3) is 0 Å². The molecule has 13 heavy (non-hydrogen) atoms. The van der Waals surface area contributed by atoms with Crippen molar-refractivity contribution in [1.29, 1.82) is 0 Å². The van der Waals surface area contributed by atoms with Gasteiger partial charge in [0.15, 0.2) is 0 Å². The molecule has 1 rings (SSSR count). The highest BCUT2D eigenvalue weighted by Crippen LogP contribution is 2.09. The van der Waals surface area contributed by atoms with Gasteiger partial charge in [0, 0.05) is 12.7 Å². The van der Waals surface area contributed by atoms with Gasteiger partial charge in [0.1, 0.15) is 6.34 Å². The first-order chi connectivity index (χ1) is 6.33. The lowest BCUT2D eigenvalue weighted by Gasteiger charge is -2.16. The lowest BCUT2D eigenvalue weighted by atomic mass is 10.1. The minimum Gasteiger partial charge on any atom is -0.390 e. The van der Waals surface area contributed by atoms with Crippen molar-refractivity contribution in [3.63, 3.8) is 0 Å². The van der Waals surface area contributed by atoms with Gasteiger partial charge < -0.3 is 5.32 Å². The molecule has 0 amide bonds. The Morgan fingerprint density at radius 3 is 2.85 bits per heavy atom. The number of aliphatic imine (C=N–C) groups is 1. The van der Waals surface area contributed by atoms with Crippen LogP contribution in [-0.4, -0.2) is 19.1 Å². The summed E-state index contributed by atoms with van der Waals surface area (Å²) in [6.07, 6.45) is 3.41. The molecule has 0 aromatic rings. The summed E-state index contributed by atoms with van der Waals surface area (Å²) in [5, 5.41) is 7.06. The van der Waals surface area contributed by atoms with Crippen LogP contribution >= 0.6 is 0 Å². The van der Waals surface area contributed by atoms with Crippen molar-refractivity contribution in [3.05, 3.63) is 11.4 Å². The Bertz CT molecular complexity index is 257. The van der Waals surface area contributed by atoms with E-state index in [-0.39, 0.29) is 0 Å². The highest BCUT2D eigenvalue weighted by atomic mass is 15.3. The molecular weight excluding hydrogens is 164 g/mol. The highest BCUT2D eigenvalue weighted by molar-refractivity contribution is 6.04. The maximum atomic E-state index is 4.21. The van der Waals surface area contributed by atoms with E-state index in [2.05, 4.69) is 34.7 Å². The van der Waals surface area contributed by atoms with Crippen molar-refractivity contribution in [2.45, 2.75) is 26.7 Å². The Balaban J connectivity index is 2.96. The number of nitrogens with one attached hydrogen (secondary N) is 2. The summed E-state index contributed by atoms with van der Waals surface area (Å²) < 4.78 is 0. The fraction of sp³-hybridized carbons (Fsp3) is 0.556. The minimum atomic E-state index is 0.916. The molecule has 0 unspecified atom stereocenters. The second-order valence-electron chi connectivity index (χ2n) is 2.74. The molecule has 4 heteroatoms. The quantitative estimate of drug-likeness (QED) is 0.686. The van der Waals surface area contributed by atoms with E-state index in [1.165, 1.54) is 0 Å². The van der Waals surface area contributed by atoms with Gasteiger partial charge in [-0.05, 0) is 12.8 Å². The SMILES string of the molecule is CCC1=NC=NN/C1=C(/CC)NC. The molecular formula is C9H16N4. The molecule has 0 spiro atoms. The molecule has 0 atom stereocenters. The van der Waals surface area contributed by atoms with Crippen LogP contribution in [0.1, 0.15) is 26.7 Å². The molecule has 0 fully saturated rings. The third kappa shape index (κ3) is 2.08. The van der Waals surface area contributed by atoms with Gasteiger partial charge in [-0.2, -0.15) is 5.10 Å². The van der Waals surface area contributed by atoms with E-state index in [9.17, 15) is 0 Å². The van der Waals surface area contributed by atoms with Gasteiger partial charge in [0.05, 0.1) is 11.4 Å². The molecule has 0 radical (unpaired) electrons. The molecule has 1 aliphatic rings. The van der Waals surface area contributed by atoms with Crippen LogP contribution in [0.4, 0.5) is 0 Å². The fourth-order valence-electron chi connectivity index (χ4n) is 1.31. The number of rotatable bonds is 3. The summed E-state index contributed by atoms with van der Waals surface area (Å²) in [7, 11) is 1.92. The molecule has 1 aliphatic heterocycles. The van der Waals surface area contributed by atoms with Crippen LogP contribution in [0.15, 0.2) is 21.5 Å². The number of hydrazone groups is 1. The van der Waals surface area contributed by atoms with Gasteiger partial charge >= 0.3 is 0 Å². The summed E-state index contributed by atoms with van der Waals surface area (Å²) in [5.74, 6) is 0. The van der Waals surface area contributed by atoms with Crippen molar-refractivity contribution in [2.75, 3.05) is 7.05 Å². The second kappa shape index (κ2) is 4.64. The van der Waals surface area contributed by atoms with Crippen molar-refractivity contribution in [1.82, 2.24) is 10.7 Å². The van der Waals surface area contributed by atoms with Crippen LogP contribution in [0, 0.1) is 0 Å². The van der Waals surface area contributed by atoms with E-state index in [4.69, 9.17) is 0 Å². The molecule has 0 bridgehead atoms. The Morgan fingerprint density at radius 1 is 1.54 bits per heavy atom. The first-order valence-electron chi connectivity index (χ1n) is 4.58. The molecule has 1 heterocycles. The van der Waals surface area contributed by atoms with Crippen LogP contribution in [0.2, 0.25) is 0 Å². The van der Waals surface area contributed by atoms with Crippen molar-refractivity contribution < 1.29 is 0 Å². The molecule has 72 valence electrons. The zero-order valence-corrected chi connectivity index (χ0v) is 8.39. The van der Waals surface area contributed by atoms with Crippen molar-refractivity contribution in [3.8, 4) is 0 Å². The molecule has 0 saturated carbocycles. The summed E-state index contributed by atoms with van der Waals surface area (Å²) >= 11 is 0. The molecule has 2 N–H and O–H groups in total. The third-order valence-electron chi connectivity index (χ3n) is 2.03. The Labute approximate surface area is 78.8 Å². The molecule has 0 aliphatic carbocycles. The summed E-state index contributed by atoms with van der Waals surface area (Å²) in [6, 6.07) is 0. The Kier molecular flexibility index (Phi) is 3.49. The van der Waals surface area contributed by atoms with Crippen LogP contribution in [0.3, 0.4) is 0 Å². The summed E-state index contributed by atoms with van der Waals surface area (Å²) in [4.78, 5) is 4.21. The number of allylic oxidation sites excluding steroid dienone is 2. The van der Waals surface area contributed by atoms with E-state index in [0.717, 1.165) is 29.9 Å². The van der Waals surface area contributed by atoms with E-state index >= 15 is 0 Å². The first kappa shape index (κ1) is 9.77. The Morgan fingerprint density at radius 2 is 2.31 bits per heavy atom. The van der Waals surface area contributed by atoms with E-state index < -0.39 is 0 Å². The normalized spacial score (nSPS) is 19.2. The largest absolute Gasteiger partial charge is 0.390 e. The van der Waals surface area contributed by atoms with E-state index in [1.807, 2.05) is 7.05 Å². The zero-order valence-electron chi connectivity index (χ0n) is 8.39. The third-order valence-corrected chi connectivity index (χ3v) is 2.03. The number of nitrogens with zero attached hydrogens (tertiary/aromatic N) is 2. The first-order valence-corrected chi connectivity index (χ1v) is 4.58. The minimum absolute atomic E-state index is 0.916. The molecule has 0 aromatic carbocycles. The second-order valence-corrected chi connectivity index (χ2v) is 2.74. The smallest absolute Gasteiger partial charge is 0.136 e. The maximum Gasteiger partial charge on any atom is 0.136 e. The summed E-state index contributed by atoms with van der Waals surface area (Å²) in [6.45, 7) is 4.19. The van der Waals surface area contributed by atoms with Crippen LogP contribution in [-0.2, 0) is 0 Å². The van der Waals surface area contributed by atoms with Gasteiger partial charge in [-0.3, -0.25) is 5.43 Å². The van der Waals surface area contributed by atoms with Gasteiger partial charge in [0.2, 0.25) is 0 Å². The van der Waals surface area contributed by atoms with Crippen molar-refractivity contribution >= 4 is 12.1 Å². The van der Waals surface area contributed by atoms with Crippen LogP contribution < -0.4 is 10.7 Å². The number of hydrogen-bond donors (Lipinski definition) is 2. The fourth-order valence-corrected chi connectivity index (χ4v) is 1.31. The van der Waals surface area contributed by atoms with Crippen LogP contribution in [0.5, 0.6) is 0 Å². The van der Waals surface area contributed by atoms with E-state index in [1.54, 1.807) is 6.34 Å². The van der Waals surface area contributed by atoms with Gasteiger partial charge in [-0.15, -0.1) is 0 Å². The van der Waals surface area contributed by atoms with Gasteiger partial charge in [0.25, 0.3) is 0 Å². The maximum absolute atomic E-state index is 4.21. The zero-order chi connectivity index (χ0) is 9.68. The molecule has 4 nitrogen and oxygen atoms in total. The van der Waals surface area contributed by atoms with Gasteiger partial charge in [-0.1, -0.05) is 13.8 Å². The van der Waals surface area contributed by atoms with Gasteiger partial charge in [-0.25, -0.2) is 4.99 Å². The predicted molar refractivity (Wildman–Crippen MR) is 55.7 cm³/mol. The molecule has 0 saturated heterocycles. The van der Waals surface area contributed by atoms with Crippen molar-refractivity contribution in [2.24, 2.45) is 10.1 Å². The standard InChI is InChI=1S/C9H16N4/c1-4-7(10-3)9-8(5-2)11-6-12-13-9/h6,10,13H,4-5H2,1-3H3/b9-7-. The average Bonchev–Trinajstić information content (AvgIpc) is 2.20. The molecule has 0 aromatic heterocycles. The number of hydrogen-bond acceptors (Lipinski definition) is 4. The highest BCUT2D eigenvalue weighted by Gasteiger charge is 2.11. The predicted octanol–water partition coefficient (Wildman–Crippen LogP) is 1.22. The lowest BCUT2D eigenvalue weighted by molar-refractivity contribution is 0.814. The Hall–Kier alpha value is -1.32. The average molecular weight is 180 g/mol. The van der Waals surface area contributed by atoms with E-state index in [0.29, 0.717) is 0 Å².